The molecule has 0 saturated heterocycles. The maximum atomic E-state index is 12.8. The van der Waals surface area contributed by atoms with Gasteiger partial charge in [0.05, 0.1) is 5.75 Å². The Bertz CT molecular complexity index is 585. The smallest absolute Gasteiger partial charge is 0.191 e. The van der Waals surface area contributed by atoms with Gasteiger partial charge in [0.1, 0.15) is 15.7 Å². The molecule has 0 aliphatic carbocycles. The number of benzene rings is 1. The molecule has 0 amide bonds. The van der Waals surface area contributed by atoms with E-state index < -0.39 is 9.84 Å². The number of rotatable bonds is 7. The second-order valence-electron chi connectivity index (χ2n) is 5.34. The normalized spacial score (nSPS) is 13.7. The van der Waals surface area contributed by atoms with Gasteiger partial charge in [-0.1, -0.05) is 12.1 Å². The summed E-state index contributed by atoms with van der Waals surface area (Å²) in [5.74, 6) is 0.533. The monoisotopic (exact) mass is 329 g/mol. The van der Waals surface area contributed by atoms with Gasteiger partial charge in [-0.25, -0.2) is 12.8 Å². The van der Waals surface area contributed by atoms with Crippen LogP contribution in [-0.4, -0.2) is 46.0 Å². The van der Waals surface area contributed by atoms with Gasteiger partial charge in [-0.15, -0.1) is 0 Å². The highest BCUT2D eigenvalue weighted by molar-refractivity contribution is 7.90. The minimum absolute atomic E-state index is 0.00625. The van der Waals surface area contributed by atoms with Gasteiger partial charge in [0.25, 0.3) is 0 Å². The lowest BCUT2D eigenvalue weighted by Crippen LogP contribution is -2.43. The van der Waals surface area contributed by atoms with E-state index in [9.17, 15) is 12.8 Å². The van der Waals surface area contributed by atoms with Crippen LogP contribution in [0.3, 0.4) is 0 Å². The van der Waals surface area contributed by atoms with Crippen molar-refractivity contribution in [1.29, 1.82) is 0 Å². The van der Waals surface area contributed by atoms with Gasteiger partial charge in [0.15, 0.2) is 5.96 Å². The molecule has 2 N–H and O–H groups in total. The van der Waals surface area contributed by atoms with Gasteiger partial charge < -0.3 is 10.6 Å². The highest BCUT2D eigenvalue weighted by Crippen LogP contribution is 2.02. The van der Waals surface area contributed by atoms with Crippen molar-refractivity contribution in [2.75, 3.05) is 25.6 Å². The number of hydrogen-bond donors (Lipinski definition) is 2. The van der Waals surface area contributed by atoms with E-state index in [4.69, 9.17) is 0 Å². The fraction of sp³-hybridized carbons (Fsp3) is 0.533. The second kappa shape index (κ2) is 8.73. The summed E-state index contributed by atoms with van der Waals surface area (Å²) in [7, 11) is -1.29. The predicted octanol–water partition coefficient (Wildman–Crippen LogP) is 1.36. The third kappa shape index (κ3) is 7.97. The molecule has 1 aromatic carbocycles. The fourth-order valence-corrected chi connectivity index (χ4v) is 2.65. The lowest BCUT2D eigenvalue weighted by atomic mass is 10.1. The average molecular weight is 329 g/mol. The average Bonchev–Trinajstić information content (AvgIpc) is 2.45. The molecular formula is C15H24FN3O2S. The quantitative estimate of drug-likeness (QED) is 0.585. The molecule has 0 fully saturated rings. The summed E-state index contributed by atoms with van der Waals surface area (Å²) in [4.78, 5) is 4.10. The maximum absolute atomic E-state index is 12.8. The summed E-state index contributed by atoms with van der Waals surface area (Å²) in [6.45, 7) is 2.57. The molecule has 0 bridgehead atoms. The Morgan fingerprint density at radius 2 is 1.95 bits per heavy atom. The van der Waals surface area contributed by atoms with Crippen molar-refractivity contribution in [3.05, 3.63) is 35.6 Å². The molecule has 1 aromatic rings. The van der Waals surface area contributed by atoms with Crippen molar-refractivity contribution in [1.82, 2.24) is 10.6 Å². The van der Waals surface area contributed by atoms with Crippen LogP contribution >= 0.6 is 0 Å². The van der Waals surface area contributed by atoms with Crippen molar-refractivity contribution in [2.45, 2.75) is 25.8 Å². The zero-order chi connectivity index (χ0) is 16.6. The van der Waals surface area contributed by atoms with Crippen LogP contribution in [0, 0.1) is 5.82 Å². The van der Waals surface area contributed by atoms with Crippen LogP contribution in [0.2, 0.25) is 0 Å². The first kappa shape index (κ1) is 18.4. The lowest BCUT2D eigenvalue weighted by Gasteiger charge is -2.17. The predicted molar refractivity (Wildman–Crippen MR) is 88.4 cm³/mol. The van der Waals surface area contributed by atoms with Gasteiger partial charge in [0, 0.05) is 25.9 Å². The number of halogens is 1. The zero-order valence-electron chi connectivity index (χ0n) is 13.3. The molecule has 1 atom stereocenters. The molecule has 0 saturated carbocycles. The van der Waals surface area contributed by atoms with E-state index >= 15 is 0 Å². The molecule has 1 rings (SSSR count). The number of aliphatic imine (C=N–C) groups is 1. The van der Waals surface area contributed by atoms with Crippen LogP contribution < -0.4 is 10.6 Å². The van der Waals surface area contributed by atoms with Crippen LogP contribution in [0.5, 0.6) is 0 Å². The Morgan fingerprint density at radius 3 is 2.50 bits per heavy atom. The van der Waals surface area contributed by atoms with Gasteiger partial charge in [-0.05, 0) is 37.5 Å². The summed E-state index contributed by atoms with van der Waals surface area (Å²) in [6.07, 6.45) is 2.51. The molecule has 0 aliphatic heterocycles. The molecule has 1 unspecified atom stereocenters. The molecule has 0 spiro atoms. The summed E-state index contributed by atoms with van der Waals surface area (Å²) < 4.78 is 35.1. The lowest BCUT2D eigenvalue weighted by molar-refractivity contribution is 0.581. The highest BCUT2D eigenvalue weighted by atomic mass is 32.2. The first-order valence-corrected chi connectivity index (χ1v) is 9.25. The number of nitrogens with one attached hydrogen (secondary N) is 2. The number of nitrogens with zero attached hydrogens (tertiary/aromatic N) is 1. The molecule has 0 aliphatic rings. The third-order valence-corrected chi connectivity index (χ3v) is 4.13. The summed E-state index contributed by atoms with van der Waals surface area (Å²) in [5.41, 5.74) is 1.04. The third-order valence-electron chi connectivity index (χ3n) is 3.15. The summed E-state index contributed by atoms with van der Waals surface area (Å²) in [5, 5.41) is 6.31. The molecule has 22 heavy (non-hydrogen) atoms. The summed E-state index contributed by atoms with van der Waals surface area (Å²) >= 11 is 0. The zero-order valence-corrected chi connectivity index (χ0v) is 14.1. The molecule has 0 radical (unpaired) electrons. The molecule has 0 heterocycles. The topological polar surface area (TPSA) is 70.6 Å². The molecule has 124 valence electrons. The van der Waals surface area contributed by atoms with Crippen LogP contribution in [0.25, 0.3) is 0 Å². The van der Waals surface area contributed by atoms with E-state index in [1.54, 1.807) is 19.2 Å². The van der Waals surface area contributed by atoms with Gasteiger partial charge in [-0.2, -0.15) is 0 Å². The highest BCUT2D eigenvalue weighted by Gasteiger charge is 2.09. The van der Waals surface area contributed by atoms with E-state index in [-0.39, 0.29) is 17.6 Å². The first-order chi connectivity index (χ1) is 10.3. The van der Waals surface area contributed by atoms with Gasteiger partial charge >= 0.3 is 0 Å². The Labute approximate surface area is 132 Å². The van der Waals surface area contributed by atoms with Crippen LogP contribution in [-0.2, 0) is 16.3 Å². The second-order valence-corrected chi connectivity index (χ2v) is 7.60. The number of sulfone groups is 1. The maximum Gasteiger partial charge on any atom is 0.191 e. The minimum Gasteiger partial charge on any atom is -0.356 e. The first-order valence-electron chi connectivity index (χ1n) is 7.19. The molecule has 5 nitrogen and oxygen atoms in total. The van der Waals surface area contributed by atoms with Crippen molar-refractivity contribution in [2.24, 2.45) is 4.99 Å². The largest absolute Gasteiger partial charge is 0.356 e. The van der Waals surface area contributed by atoms with Crippen molar-refractivity contribution < 1.29 is 12.8 Å². The number of guanidine groups is 1. The van der Waals surface area contributed by atoms with E-state index in [1.807, 2.05) is 6.92 Å². The van der Waals surface area contributed by atoms with Gasteiger partial charge in [-0.3, -0.25) is 4.99 Å². The Kier molecular flexibility index (Phi) is 7.31. The van der Waals surface area contributed by atoms with Crippen molar-refractivity contribution in [3.8, 4) is 0 Å². The van der Waals surface area contributed by atoms with E-state index in [0.717, 1.165) is 12.0 Å². The number of hydrogen-bond acceptors (Lipinski definition) is 3. The Morgan fingerprint density at radius 1 is 1.32 bits per heavy atom. The standard InChI is InChI=1S/C15H24FN3O2S/c1-12(9-11-22(3,20)21)19-15(17-2)18-10-8-13-4-6-14(16)7-5-13/h4-7,12H,8-11H2,1-3H3,(H2,17,18,19). The van der Waals surface area contributed by atoms with E-state index in [2.05, 4.69) is 15.6 Å². The summed E-state index contributed by atoms with van der Waals surface area (Å²) in [6, 6.07) is 6.39. The SMILES string of the molecule is CN=C(NCCc1ccc(F)cc1)NC(C)CCS(C)(=O)=O. The van der Waals surface area contributed by atoms with E-state index in [1.165, 1.54) is 18.4 Å². The molecule has 7 heteroatoms. The van der Waals surface area contributed by atoms with Crippen molar-refractivity contribution in [3.63, 3.8) is 0 Å². The van der Waals surface area contributed by atoms with Gasteiger partial charge in [0.2, 0.25) is 0 Å². The Balaban J connectivity index is 2.34. The molecular weight excluding hydrogens is 305 g/mol. The Hall–Kier alpha value is -1.63. The van der Waals surface area contributed by atoms with Crippen LogP contribution in [0.4, 0.5) is 4.39 Å². The minimum atomic E-state index is -2.95. The van der Waals surface area contributed by atoms with E-state index in [0.29, 0.717) is 18.9 Å². The van der Waals surface area contributed by atoms with Crippen LogP contribution in [0.1, 0.15) is 18.9 Å². The van der Waals surface area contributed by atoms with Crippen LogP contribution in [0.15, 0.2) is 29.3 Å². The molecule has 0 aromatic heterocycles. The fourth-order valence-electron chi connectivity index (χ4n) is 1.87. The van der Waals surface area contributed by atoms with Crippen molar-refractivity contribution >= 4 is 15.8 Å².